The minimum absolute atomic E-state index is 0.211. The van der Waals surface area contributed by atoms with Gasteiger partial charge in [0, 0.05) is 0 Å². The first-order valence-electron chi connectivity index (χ1n) is 3.55. The van der Waals surface area contributed by atoms with Crippen molar-refractivity contribution in [2.75, 3.05) is 20.1 Å². The number of rotatable bonds is 4. The van der Waals surface area contributed by atoms with E-state index in [1.807, 2.05) is 18.9 Å². The molecule has 2 N–H and O–H groups in total. The number of hydrogen-bond acceptors (Lipinski definition) is 3. The summed E-state index contributed by atoms with van der Waals surface area (Å²) in [5.74, 6) is -0.211. The van der Waals surface area contributed by atoms with E-state index in [-0.39, 0.29) is 5.91 Å². The lowest BCUT2D eigenvalue weighted by atomic mass is 10.5. The zero-order valence-corrected chi connectivity index (χ0v) is 7.00. The van der Waals surface area contributed by atoms with E-state index < -0.39 is 6.23 Å². The van der Waals surface area contributed by atoms with Crippen LogP contribution in [-0.2, 0) is 4.79 Å². The molecular weight excluding hydrogens is 144 g/mol. The molecule has 0 saturated carbocycles. The topological polar surface area (TPSA) is 52.6 Å². The smallest absolute Gasteiger partial charge is 0.236 e. The summed E-state index contributed by atoms with van der Waals surface area (Å²) in [7, 11) is 1.83. The third-order valence-electron chi connectivity index (χ3n) is 1.28. The number of aliphatic hydroxyl groups is 1. The molecular formula is C7H15N2O2. The highest BCUT2D eigenvalue weighted by atomic mass is 16.3. The first-order chi connectivity index (χ1) is 5.06. The summed E-state index contributed by atoms with van der Waals surface area (Å²) in [5.41, 5.74) is 0. The molecule has 0 heterocycles. The molecule has 0 fully saturated rings. The molecule has 1 atom stereocenters. The fourth-order valence-electron chi connectivity index (χ4n) is 0.588. The summed E-state index contributed by atoms with van der Waals surface area (Å²) in [4.78, 5) is 12.7. The van der Waals surface area contributed by atoms with Crippen LogP contribution < -0.4 is 5.32 Å². The first kappa shape index (κ1) is 10.4. The minimum Gasteiger partial charge on any atom is -0.374 e. The van der Waals surface area contributed by atoms with Crippen molar-refractivity contribution < 1.29 is 9.90 Å². The fraction of sp³-hybridized carbons (Fsp3) is 0.714. The van der Waals surface area contributed by atoms with Crippen LogP contribution in [0.3, 0.4) is 0 Å². The molecule has 0 aliphatic heterocycles. The van der Waals surface area contributed by atoms with Crippen molar-refractivity contribution in [2.24, 2.45) is 0 Å². The Morgan fingerprint density at radius 2 is 2.36 bits per heavy atom. The third kappa shape index (κ3) is 5.82. The molecule has 0 rings (SSSR count). The maximum atomic E-state index is 10.9. The van der Waals surface area contributed by atoms with E-state index in [1.165, 1.54) is 0 Å². The van der Waals surface area contributed by atoms with Crippen molar-refractivity contribution in [1.82, 2.24) is 10.2 Å². The fourth-order valence-corrected chi connectivity index (χ4v) is 0.588. The van der Waals surface area contributed by atoms with Crippen LogP contribution in [0.5, 0.6) is 0 Å². The SMILES string of the molecule is [CH2]C(O)NC(=O)CN(C)CC. The van der Waals surface area contributed by atoms with Gasteiger partial charge in [0.15, 0.2) is 0 Å². The van der Waals surface area contributed by atoms with Crippen molar-refractivity contribution in [3.63, 3.8) is 0 Å². The van der Waals surface area contributed by atoms with E-state index >= 15 is 0 Å². The van der Waals surface area contributed by atoms with E-state index in [0.29, 0.717) is 6.54 Å². The summed E-state index contributed by atoms with van der Waals surface area (Å²) >= 11 is 0. The number of carbonyl (C=O) groups is 1. The minimum atomic E-state index is -1.01. The summed E-state index contributed by atoms with van der Waals surface area (Å²) in [6, 6.07) is 0. The highest BCUT2D eigenvalue weighted by Gasteiger charge is 2.05. The van der Waals surface area contributed by atoms with Crippen LogP contribution in [0.15, 0.2) is 0 Å². The number of hydrogen-bond donors (Lipinski definition) is 2. The molecule has 0 aromatic rings. The molecule has 0 saturated heterocycles. The van der Waals surface area contributed by atoms with Gasteiger partial charge in [0.2, 0.25) is 5.91 Å². The van der Waals surface area contributed by atoms with Crippen molar-refractivity contribution >= 4 is 5.91 Å². The van der Waals surface area contributed by atoms with Crippen molar-refractivity contribution in [3.05, 3.63) is 6.92 Å². The summed E-state index contributed by atoms with van der Waals surface area (Å²) in [6.45, 7) is 6.27. The monoisotopic (exact) mass is 159 g/mol. The molecule has 0 aromatic heterocycles. The molecule has 65 valence electrons. The number of aliphatic hydroxyl groups excluding tert-OH is 1. The van der Waals surface area contributed by atoms with Gasteiger partial charge in [-0.25, -0.2) is 0 Å². The van der Waals surface area contributed by atoms with Crippen molar-refractivity contribution in [1.29, 1.82) is 0 Å². The molecule has 0 aliphatic rings. The Labute approximate surface area is 67.2 Å². The Kier molecular flexibility index (Phi) is 4.81. The maximum Gasteiger partial charge on any atom is 0.236 e. The molecule has 0 bridgehead atoms. The second-order valence-corrected chi connectivity index (χ2v) is 2.41. The Morgan fingerprint density at radius 1 is 1.82 bits per heavy atom. The van der Waals surface area contributed by atoms with E-state index in [4.69, 9.17) is 5.11 Å². The van der Waals surface area contributed by atoms with E-state index in [9.17, 15) is 4.79 Å². The predicted molar refractivity (Wildman–Crippen MR) is 42.7 cm³/mol. The molecule has 1 amide bonds. The number of nitrogens with one attached hydrogen (secondary N) is 1. The summed E-state index contributed by atoms with van der Waals surface area (Å²) in [5, 5.41) is 10.9. The lowest BCUT2D eigenvalue weighted by Crippen LogP contribution is -2.39. The Balaban J connectivity index is 3.52. The average Bonchev–Trinajstić information content (AvgIpc) is 1.85. The van der Waals surface area contributed by atoms with Crippen molar-refractivity contribution in [2.45, 2.75) is 13.2 Å². The third-order valence-corrected chi connectivity index (χ3v) is 1.28. The molecule has 1 radical (unpaired) electrons. The van der Waals surface area contributed by atoms with Gasteiger partial charge in [-0.3, -0.25) is 9.69 Å². The molecule has 0 aliphatic carbocycles. The first-order valence-corrected chi connectivity index (χ1v) is 3.55. The molecule has 4 nitrogen and oxygen atoms in total. The van der Waals surface area contributed by atoms with E-state index in [0.717, 1.165) is 6.54 Å². The predicted octanol–water partition coefficient (Wildman–Crippen LogP) is -0.793. The quantitative estimate of drug-likeness (QED) is 0.528. The van der Waals surface area contributed by atoms with Crippen LogP contribution in [0.4, 0.5) is 0 Å². The van der Waals surface area contributed by atoms with Gasteiger partial charge in [-0.1, -0.05) is 6.92 Å². The second-order valence-electron chi connectivity index (χ2n) is 2.41. The Hall–Kier alpha value is -0.610. The summed E-state index contributed by atoms with van der Waals surface area (Å²) < 4.78 is 0. The zero-order chi connectivity index (χ0) is 8.85. The number of likely N-dealkylation sites (N-methyl/N-ethyl adjacent to an activating group) is 1. The van der Waals surface area contributed by atoms with Gasteiger partial charge >= 0.3 is 0 Å². The molecule has 0 aromatic carbocycles. The molecule has 0 spiro atoms. The van der Waals surface area contributed by atoms with Crippen LogP contribution in [0.25, 0.3) is 0 Å². The second kappa shape index (κ2) is 5.09. The largest absolute Gasteiger partial charge is 0.374 e. The lowest BCUT2D eigenvalue weighted by molar-refractivity contribution is -0.124. The van der Waals surface area contributed by atoms with Crippen LogP contribution in [0, 0.1) is 6.92 Å². The maximum absolute atomic E-state index is 10.9. The lowest BCUT2D eigenvalue weighted by Gasteiger charge is -2.14. The Bertz CT molecular complexity index is 126. The standard InChI is InChI=1S/C7H15N2O2/c1-4-9(3)5-7(11)8-6(2)10/h6,10H,2,4-5H2,1,3H3,(H,8,11). The molecule has 11 heavy (non-hydrogen) atoms. The summed E-state index contributed by atoms with van der Waals surface area (Å²) in [6.07, 6.45) is -1.01. The number of amides is 1. The Morgan fingerprint density at radius 3 is 2.73 bits per heavy atom. The van der Waals surface area contributed by atoms with Crippen LogP contribution in [0.2, 0.25) is 0 Å². The van der Waals surface area contributed by atoms with Gasteiger partial charge < -0.3 is 10.4 Å². The van der Waals surface area contributed by atoms with Crippen LogP contribution in [0.1, 0.15) is 6.92 Å². The van der Waals surface area contributed by atoms with E-state index in [2.05, 4.69) is 12.2 Å². The molecule has 4 heteroatoms. The van der Waals surface area contributed by atoms with Crippen LogP contribution >= 0.6 is 0 Å². The molecule has 1 unspecified atom stereocenters. The number of carbonyl (C=O) groups excluding carboxylic acids is 1. The number of nitrogens with zero attached hydrogens (tertiary/aromatic N) is 1. The van der Waals surface area contributed by atoms with Gasteiger partial charge in [-0.15, -0.1) is 0 Å². The zero-order valence-electron chi connectivity index (χ0n) is 7.00. The van der Waals surface area contributed by atoms with Gasteiger partial charge in [0.05, 0.1) is 6.54 Å². The highest BCUT2D eigenvalue weighted by Crippen LogP contribution is 1.80. The van der Waals surface area contributed by atoms with Crippen molar-refractivity contribution in [3.8, 4) is 0 Å². The van der Waals surface area contributed by atoms with Gasteiger partial charge in [-0.2, -0.15) is 0 Å². The van der Waals surface area contributed by atoms with Crippen LogP contribution in [-0.4, -0.2) is 42.3 Å². The van der Waals surface area contributed by atoms with Gasteiger partial charge in [-0.05, 0) is 20.5 Å². The van der Waals surface area contributed by atoms with Gasteiger partial charge in [0.25, 0.3) is 0 Å². The normalized spacial score (nSPS) is 13.2. The van der Waals surface area contributed by atoms with E-state index in [1.54, 1.807) is 0 Å². The highest BCUT2D eigenvalue weighted by molar-refractivity contribution is 5.78. The van der Waals surface area contributed by atoms with Gasteiger partial charge in [0.1, 0.15) is 6.23 Å². The average molecular weight is 159 g/mol.